The fourth-order valence-corrected chi connectivity index (χ4v) is 2.98. The predicted octanol–water partition coefficient (Wildman–Crippen LogP) is 1.25. The van der Waals surface area contributed by atoms with Crippen LogP contribution in [-0.4, -0.2) is 46.0 Å². The Balaban J connectivity index is 1.95. The number of aliphatic carboxylic acids is 1. The van der Waals surface area contributed by atoms with E-state index in [-0.39, 0.29) is 25.2 Å². The predicted molar refractivity (Wildman–Crippen MR) is 103 cm³/mol. The molecule has 0 fully saturated rings. The second kappa shape index (κ2) is 9.54. The van der Waals surface area contributed by atoms with Crippen LogP contribution < -0.4 is 16.4 Å². The Labute approximate surface area is 161 Å². The van der Waals surface area contributed by atoms with Crippen molar-refractivity contribution in [2.24, 2.45) is 5.73 Å². The highest BCUT2D eigenvalue weighted by Gasteiger charge is 2.20. The minimum atomic E-state index is -1.14. The quantitative estimate of drug-likeness (QED) is 0.358. The molecule has 3 amide bonds. The van der Waals surface area contributed by atoms with Gasteiger partial charge in [0.25, 0.3) is 0 Å². The molecule has 0 unspecified atom stereocenters. The van der Waals surface area contributed by atoms with Gasteiger partial charge in [-0.2, -0.15) is 0 Å². The molecule has 1 atom stereocenters. The molecule has 0 radical (unpaired) electrons. The molecule has 0 aliphatic carbocycles. The summed E-state index contributed by atoms with van der Waals surface area (Å²) in [5.41, 5.74) is 6.37. The first-order chi connectivity index (χ1) is 13.3. The number of nitrogens with zero attached hydrogens (tertiary/aromatic N) is 1. The summed E-state index contributed by atoms with van der Waals surface area (Å²) in [5.74, 6) is -1.61. The zero-order chi connectivity index (χ0) is 20.7. The number of hydrogen-bond donors (Lipinski definition) is 4. The van der Waals surface area contributed by atoms with Crippen molar-refractivity contribution in [1.82, 2.24) is 15.2 Å². The third kappa shape index (κ3) is 5.57. The van der Waals surface area contributed by atoms with Gasteiger partial charge in [-0.1, -0.05) is 18.2 Å². The molecule has 0 saturated heterocycles. The number of carbonyl (C=O) groups excluding carboxylic acids is 3. The lowest BCUT2D eigenvalue weighted by molar-refractivity contribution is -0.142. The fourth-order valence-electron chi connectivity index (χ4n) is 2.98. The Morgan fingerprint density at radius 3 is 2.57 bits per heavy atom. The Morgan fingerprint density at radius 1 is 1.21 bits per heavy atom. The molecule has 1 heterocycles. The van der Waals surface area contributed by atoms with Gasteiger partial charge in [-0.25, -0.2) is 9.59 Å². The molecule has 0 bridgehead atoms. The second-order valence-corrected chi connectivity index (χ2v) is 6.45. The number of carbonyl (C=O) groups is 4. The van der Waals surface area contributed by atoms with Gasteiger partial charge in [-0.15, -0.1) is 0 Å². The number of benzene rings is 1. The Hall–Kier alpha value is -3.36. The van der Waals surface area contributed by atoms with Crippen molar-refractivity contribution in [3.63, 3.8) is 0 Å². The van der Waals surface area contributed by atoms with Crippen molar-refractivity contribution in [3.8, 4) is 0 Å². The first kappa shape index (κ1) is 20.9. The van der Waals surface area contributed by atoms with Crippen molar-refractivity contribution in [3.05, 3.63) is 36.0 Å². The summed E-state index contributed by atoms with van der Waals surface area (Å²) >= 11 is 0. The normalized spacial score (nSPS) is 11.8. The standard InChI is InChI=1S/C19H24N4O5/c1-12(24)14-11-23(16-7-3-2-5-13(14)16)10-8-17(25)22-15(18(26)27)6-4-9-21-19(20)28/h2-3,5,7,11,15H,4,6,8-10H2,1H3,(H,22,25)(H,26,27)(H3,20,21,28)/t15-/m0/s1. The number of hydrogen-bond acceptors (Lipinski definition) is 4. The van der Waals surface area contributed by atoms with Gasteiger partial charge in [0.2, 0.25) is 5.91 Å². The van der Waals surface area contributed by atoms with Crippen LogP contribution in [0, 0.1) is 0 Å². The van der Waals surface area contributed by atoms with Crippen LogP contribution in [0.15, 0.2) is 30.5 Å². The Morgan fingerprint density at radius 2 is 1.93 bits per heavy atom. The van der Waals surface area contributed by atoms with Crippen molar-refractivity contribution in [1.29, 1.82) is 0 Å². The molecular formula is C19H24N4O5. The summed E-state index contributed by atoms with van der Waals surface area (Å²) < 4.78 is 1.82. The third-order valence-corrected chi connectivity index (χ3v) is 4.35. The molecule has 0 aliphatic rings. The number of nitrogens with two attached hydrogens (primary N) is 1. The molecule has 0 aliphatic heterocycles. The van der Waals surface area contributed by atoms with Crippen LogP contribution in [0.1, 0.15) is 36.5 Å². The monoisotopic (exact) mass is 388 g/mol. The van der Waals surface area contributed by atoms with Crippen LogP contribution in [0.5, 0.6) is 0 Å². The van der Waals surface area contributed by atoms with E-state index >= 15 is 0 Å². The number of carboxylic acids is 1. The molecule has 1 aromatic carbocycles. The van der Waals surface area contributed by atoms with E-state index in [0.29, 0.717) is 18.5 Å². The molecular weight excluding hydrogens is 364 g/mol. The number of nitrogens with one attached hydrogen (secondary N) is 2. The summed E-state index contributed by atoms with van der Waals surface area (Å²) in [6, 6.07) is 5.69. The van der Waals surface area contributed by atoms with E-state index in [1.807, 2.05) is 28.8 Å². The van der Waals surface area contributed by atoms with Gasteiger partial charge in [0.15, 0.2) is 5.78 Å². The van der Waals surface area contributed by atoms with Gasteiger partial charge in [0.1, 0.15) is 6.04 Å². The molecule has 0 saturated carbocycles. The number of primary amides is 1. The largest absolute Gasteiger partial charge is 0.480 e. The maximum atomic E-state index is 12.2. The summed E-state index contributed by atoms with van der Waals surface area (Å²) in [5, 5.41) is 14.9. The first-order valence-corrected chi connectivity index (χ1v) is 8.94. The lowest BCUT2D eigenvalue weighted by Gasteiger charge is -2.15. The lowest BCUT2D eigenvalue weighted by atomic mass is 10.1. The molecule has 28 heavy (non-hydrogen) atoms. The van der Waals surface area contributed by atoms with Gasteiger partial charge in [-0.05, 0) is 25.8 Å². The Bertz CT molecular complexity index is 890. The first-order valence-electron chi connectivity index (χ1n) is 8.94. The summed E-state index contributed by atoms with van der Waals surface area (Å²) in [4.78, 5) is 45.9. The number of carboxylic acid groups (broad SMARTS) is 1. The van der Waals surface area contributed by atoms with Crippen LogP contribution in [0.25, 0.3) is 10.9 Å². The van der Waals surface area contributed by atoms with E-state index in [2.05, 4.69) is 10.6 Å². The summed E-state index contributed by atoms with van der Waals surface area (Å²) in [7, 11) is 0. The highest BCUT2D eigenvalue weighted by atomic mass is 16.4. The molecule has 2 rings (SSSR count). The number of ketones is 1. The number of urea groups is 1. The lowest BCUT2D eigenvalue weighted by Crippen LogP contribution is -2.41. The van der Waals surface area contributed by atoms with Gasteiger partial charge >= 0.3 is 12.0 Å². The number of rotatable bonds is 10. The Kier molecular flexibility index (Phi) is 7.14. The third-order valence-electron chi connectivity index (χ3n) is 4.35. The van der Waals surface area contributed by atoms with Crippen LogP contribution in [0.2, 0.25) is 0 Å². The van der Waals surface area contributed by atoms with E-state index in [1.165, 1.54) is 6.92 Å². The fraction of sp³-hybridized carbons (Fsp3) is 0.368. The molecule has 9 heteroatoms. The zero-order valence-electron chi connectivity index (χ0n) is 15.6. The van der Waals surface area contributed by atoms with E-state index in [4.69, 9.17) is 5.73 Å². The molecule has 2 aromatic rings. The average Bonchev–Trinajstić information content (AvgIpc) is 3.01. The smallest absolute Gasteiger partial charge is 0.326 e. The molecule has 5 N–H and O–H groups in total. The van der Waals surface area contributed by atoms with Crippen LogP contribution in [0.3, 0.4) is 0 Å². The van der Waals surface area contributed by atoms with Gasteiger partial charge < -0.3 is 26.0 Å². The zero-order valence-corrected chi connectivity index (χ0v) is 15.6. The molecule has 0 spiro atoms. The van der Waals surface area contributed by atoms with Crippen molar-refractivity contribution >= 4 is 34.6 Å². The van der Waals surface area contributed by atoms with E-state index in [0.717, 1.165) is 10.9 Å². The second-order valence-electron chi connectivity index (χ2n) is 6.45. The number of aromatic nitrogens is 1. The van der Waals surface area contributed by atoms with E-state index < -0.39 is 23.9 Å². The number of para-hydroxylation sites is 1. The van der Waals surface area contributed by atoms with Gasteiger partial charge in [0.05, 0.1) is 0 Å². The SMILES string of the molecule is CC(=O)c1cn(CCC(=O)N[C@@H](CCCNC(N)=O)C(=O)O)c2ccccc12. The van der Waals surface area contributed by atoms with Crippen LogP contribution >= 0.6 is 0 Å². The number of fused-ring (bicyclic) bond motifs is 1. The maximum Gasteiger partial charge on any atom is 0.326 e. The van der Waals surface area contributed by atoms with Crippen molar-refractivity contribution in [2.45, 2.75) is 38.8 Å². The highest BCUT2D eigenvalue weighted by molar-refractivity contribution is 6.07. The van der Waals surface area contributed by atoms with Crippen LogP contribution in [-0.2, 0) is 16.1 Å². The van der Waals surface area contributed by atoms with Crippen molar-refractivity contribution in [2.75, 3.05) is 6.54 Å². The summed E-state index contributed by atoms with van der Waals surface area (Å²) in [6.45, 7) is 2.04. The molecule has 150 valence electrons. The average molecular weight is 388 g/mol. The van der Waals surface area contributed by atoms with Gasteiger partial charge in [0, 0.05) is 42.2 Å². The number of amides is 3. The molecule has 1 aromatic heterocycles. The van der Waals surface area contributed by atoms with E-state index in [9.17, 15) is 24.3 Å². The molecule has 9 nitrogen and oxygen atoms in total. The van der Waals surface area contributed by atoms with Gasteiger partial charge in [-0.3, -0.25) is 9.59 Å². The maximum absolute atomic E-state index is 12.2. The van der Waals surface area contributed by atoms with Crippen LogP contribution in [0.4, 0.5) is 4.79 Å². The topological polar surface area (TPSA) is 144 Å². The minimum Gasteiger partial charge on any atom is -0.480 e. The van der Waals surface area contributed by atoms with E-state index in [1.54, 1.807) is 6.20 Å². The number of aryl methyl sites for hydroxylation is 1. The summed E-state index contributed by atoms with van der Waals surface area (Å²) in [6.07, 6.45) is 2.32. The highest BCUT2D eigenvalue weighted by Crippen LogP contribution is 2.22. The minimum absolute atomic E-state index is 0.0603. The van der Waals surface area contributed by atoms with Crippen molar-refractivity contribution < 1.29 is 24.3 Å². The number of Topliss-reactive ketones (excluding diaryl/α,β-unsaturated/α-hetero) is 1.